The Morgan fingerprint density at radius 3 is 2.79 bits per heavy atom. The first-order valence-corrected chi connectivity index (χ1v) is 8.06. The Morgan fingerprint density at radius 2 is 2.04 bits per heavy atom. The van der Waals surface area contributed by atoms with Crippen molar-refractivity contribution in [2.24, 2.45) is 4.99 Å². The third-order valence-corrected chi connectivity index (χ3v) is 4.02. The van der Waals surface area contributed by atoms with E-state index in [2.05, 4.69) is 21.7 Å². The molecule has 1 aliphatic rings. The molecular weight excluding hydrogens is 437 g/mol. The van der Waals surface area contributed by atoms with E-state index in [4.69, 9.17) is 16.3 Å². The molecule has 128 valence electrons. The maximum Gasteiger partial charge on any atom is 0.191 e. The number of hydrogen-bond acceptors (Lipinski definition) is 2. The number of guanidine groups is 1. The second-order valence-corrected chi connectivity index (χ2v) is 5.92. The van der Waals surface area contributed by atoms with Gasteiger partial charge in [-0.25, -0.2) is 0 Å². The summed E-state index contributed by atoms with van der Waals surface area (Å²) in [5.41, 5.74) is 2.38. The zero-order valence-electron chi connectivity index (χ0n) is 13.5. The fourth-order valence-corrected chi connectivity index (χ4v) is 2.84. The molecule has 3 rings (SSSR count). The van der Waals surface area contributed by atoms with Crippen LogP contribution in [0.5, 0.6) is 5.75 Å². The normalized spacial score (nSPS) is 15.9. The van der Waals surface area contributed by atoms with Gasteiger partial charge in [0.2, 0.25) is 0 Å². The summed E-state index contributed by atoms with van der Waals surface area (Å²) in [6.07, 6.45) is 1.06. The minimum atomic E-state index is 0. The Hall–Kier alpha value is -1.47. The minimum Gasteiger partial charge on any atom is -0.488 e. The molecule has 4 nitrogen and oxygen atoms in total. The highest BCUT2D eigenvalue weighted by Gasteiger charge is 2.22. The lowest BCUT2D eigenvalue weighted by Crippen LogP contribution is -2.41. The first kappa shape index (κ1) is 18.9. The van der Waals surface area contributed by atoms with Gasteiger partial charge >= 0.3 is 0 Å². The molecule has 0 amide bonds. The highest BCUT2D eigenvalue weighted by Crippen LogP contribution is 2.27. The van der Waals surface area contributed by atoms with Gasteiger partial charge in [0.05, 0.1) is 6.54 Å². The molecule has 0 aliphatic carbocycles. The Bertz CT molecular complexity index is 683. The van der Waals surface area contributed by atoms with Crippen LogP contribution in [0.15, 0.2) is 53.5 Å². The van der Waals surface area contributed by atoms with E-state index in [9.17, 15) is 0 Å². The van der Waals surface area contributed by atoms with Crippen LogP contribution in [-0.2, 0) is 13.0 Å². The molecule has 2 aromatic carbocycles. The number of halogens is 2. The molecule has 0 spiro atoms. The fourth-order valence-electron chi connectivity index (χ4n) is 2.63. The van der Waals surface area contributed by atoms with E-state index < -0.39 is 0 Å². The second-order valence-electron chi connectivity index (χ2n) is 5.49. The smallest absolute Gasteiger partial charge is 0.191 e. The molecule has 0 bridgehead atoms. The lowest BCUT2D eigenvalue weighted by Gasteiger charge is -2.15. The van der Waals surface area contributed by atoms with Gasteiger partial charge in [-0.2, -0.15) is 0 Å². The third kappa shape index (κ3) is 5.01. The SMILES string of the molecule is CN=C(NCc1cccc(Cl)c1)NCC1Cc2ccccc2O1.I. The molecule has 1 heterocycles. The molecule has 24 heavy (non-hydrogen) atoms. The van der Waals surface area contributed by atoms with E-state index in [-0.39, 0.29) is 30.1 Å². The monoisotopic (exact) mass is 457 g/mol. The van der Waals surface area contributed by atoms with Gasteiger partial charge in [0.25, 0.3) is 0 Å². The van der Waals surface area contributed by atoms with Crippen LogP contribution in [0.1, 0.15) is 11.1 Å². The molecule has 0 saturated carbocycles. The molecule has 1 aliphatic heterocycles. The summed E-state index contributed by atoms with van der Waals surface area (Å²) >= 11 is 6.00. The van der Waals surface area contributed by atoms with Gasteiger partial charge in [0.15, 0.2) is 5.96 Å². The number of ether oxygens (including phenoxy) is 1. The number of hydrogen-bond donors (Lipinski definition) is 2. The van der Waals surface area contributed by atoms with Crippen LogP contribution in [-0.4, -0.2) is 25.7 Å². The fraction of sp³-hybridized carbons (Fsp3) is 0.278. The van der Waals surface area contributed by atoms with Crippen molar-refractivity contribution in [2.45, 2.75) is 19.1 Å². The van der Waals surface area contributed by atoms with Gasteiger partial charge < -0.3 is 15.4 Å². The van der Waals surface area contributed by atoms with Crippen LogP contribution in [0.2, 0.25) is 5.02 Å². The number of aliphatic imine (C=N–C) groups is 1. The predicted molar refractivity (Wildman–Crippen MR) is 110 cm³/mol. The van der Waals surface area contributed by atoms with Crippen molar-refractivity contribution < 1.29 is 4.74 Å². The minimum absolute atomic E-state index is 0. The van der Waals surface area contributed by atoms with E-state index in [1.54, 1.807) is 7.05 Å². The van der Waals surface area contributed by atoms with E-state index >= 15 is 0 Å². The highest BCUT2D eigenvalue weighted by molar-refractivity contribution is 14.0. The first-order chi connectivity index (χ1) is 11.2. The van der Waals surface area contributed by atoms with Gasteiger partial charge in [-0.1, -0.05) is 41.9 Å². The molecule has 6 heteroatoms. The average Bonchev–Trinajstić information content (AvgIpc) is 2.98. The maximum atomic E-state index is 6.00. The Morgan fingerprint density at radius 1 is 1.21 bits per heavy atom. The van der Waals surface area contributed by atoms with E-state index in [0.29, 0.717) is 13.1 Å². The molecule has 0 fully saturated rings. The summed E-state index contributed by atoms with van der Waals surface area (Å²) in [5, 5.41) is 7.33. The van der Waals surface area contributed by atoms with Crippen LogP contribution in [0, 0.1) is 0 Å². The summed E-state index contributed by atoms with van der Waals surface area (Å²) in [5.74, 6) is 1.74. The van der Waals surface area contributed by atoms with Gasteiger partial charge in [-0.05, 0) is 29.3 Å². The van der Waals surface area contributed by atoms with Crippen molar-refractivity contribution in [2.75, 3.05) is 13.6 Å². The topological polar surface area (TPSA) is 45.7 Å². The van der Waals surface area contributed by atoms with Crippen LogP contribution in [0.25, 0.3) is 0 Å². The molecule has 0 saturated heterocycles. The van der Waals surface area contributed by atoms with Gasteiger partial charge in [0, 0.05) is 25.0 Å². The van der Waals surface area contributed by atoms with E-state index in [1.807, 2.05) is 42.5 Å². The lowest BCUT2D eigenvalue weighted by atomic mass is 10.1. The summed E-state index contributed by atoms with van der Waals surface area (Å²) in [7, 11) is 1.76. The van der Waals surface area contributed by atoms with E-state index in [1.165, 1.54) is 5.56 Å². The summed E-state index contributed by atoms with van der Waals surface area (Å²) in [6.45, 7) is 1.38. The Balaban J connectivity index is 0.00000208. The van der Waals surface area contributed by atoms with E-state index in [0.717, 1.165) is 28.7 Å². The average molecular weight is 458 g/mol. The summed E-state index contributed by atoms with van der Waals surface area (Å²) < 4.78 is 5.92. The Labute approximate surface area is 164 Å². The summed E-state index contributed by atoms with van der Waals surface area (Å²) in [6, 6.07) is 16.0. The molecule has 0 aromatic heterocycles. The largest absolute Gasteiger partial charge is 0.488 e. The van der Waals surface area contributed by atoms with Crippen molar-refractivity contribution in [1.29, 1.82) is 0 Å². The number of nitrogens with one attached hydrogen (secondary N) is 2. The van der Waals surface area contributed by atoms with Crippen LogP contribution >= 0.6 is 35.6 Å². The molecular formula is C18H21ClIN3O. The van der Waals surface area contributed by atoms with Crippen LogP contribution in [0.3, 0.4) is 0 Å². The van der Waals surface area contributed by atoms with Gasteiger partial charge in [-0.3, -0.25) is 4.99 Å². The Kier molecular flexibility index (Phi) is 7.17. The zero-order valence-corrected chi connectivity index (χ0v) is 16.5. The van der Waals surface area contributed by atoms with Crippen molar-refractivity contribution in [3.63, 3.8) is 0 Å². The first-order valence-electron chi connectivity index (χ1n) is 7.68. The number of para-hydroxylation sites is 1. The number of nitrogens with zero attached hydrogens (tertiary/aromatic N) is 1. The van der Waals surface area contributed by atoms with Crippen molar-refractivity contribution in [3.8, 4) is 5.75 Å². The van der Waals surface area contributed by atoms with Crippen molar-refractivity contribution >= 4 is 41.5 Å². The molecule has 1 atom stereocenters. The van der Waals surface area contributed by atoms with Crippen LogP contribution in [0.4, 0.5) is 0 Å². The predicted octanol–water partition coefficient (Wildman–Crippen LogP) is 3.63. The lowest BCUT2D eigenvalue weighted by molar-refractivity contribution is 0.235. The zero-order chi connectivity index (χ0) is 16.1. The van der Waals surface area contributed by atoms with Gasteiger partial charge in [0.1, 0.15) is 11.9 Å². The number of fused-ring (bicyclic) bond motifs is 1. The van der Waals surface area contributed by atoms with Gasteiger partial charge in [-0.15, -0.1) is 24.0 Å². The van der Waals surface area contributed by atoms with Crippen molar-refractivity contribution in [1.82, 2.24) is 10.6 Å². The second kappa shape index (κ2) is 9.13. The standard InChI is InChI=1S/C18H20ClN3O.HI/c1-20-18(21-11-13-5-4-7-15(19)9-13)22-12-16-10-14-6-2-3-8-17(14)23-16;/h2-9,16H,10-12H2,1H3,(H2,20,21,22);1H. The number of benzene rings is 2. The molecule has 0 radical (unpaired) electrons. The van der Waals surface area contributed by atoms with Crippen LogP contribution < -0.4 is 15.4 Å². The summed E-state index contributed by atoms with van der Waals surface area (Å²) in [4.78, 5) is 4.24. The molecule has 2 N–H and O–H groups in total. The number of rotatable bonds is 4. The molecule has 1 unspecified atom stereocenters. The maximum absolute atomic E-state index is 6.00. The van der Waals surface area contributed by atoms with Crippen molar-refractivity contribution in [3.05, 3.63) is 64.7 Å². The quantitative estimate of drug-likeness (QED) is 0.419. The molecule has 2 aromatic rings. The highest BCUT2D eigenvalue weighted by atomic mass is 127. The third-order valence-electron chi connectivity index (χ3n) is 3.78.